The molecule has 0 aliphatic rings. The van der Waals surface area contributed by atoms with E-state index in [9.17, 15) is 0 Å². The molecule has 0 aromatic heterocycles. The smallest absolute Gasteiger partial charge is 0.0702 e. The van der Waals surface area contributed by atoms with E-state index in [-0.39, 0.29) is 6.61 Å². The number of likely N-dealkylation sites (N-methyl/N-ethyl adjacent to an activating group) is 1. The lowest BCUT2D eigenvalue weighted by atomic mass is 10.2. The van der Waals surface area contributed by atoms with Crippen molar-refractivity contribution in [2.24, 2.45) is 0 Å². The zero-order valence-corrected chi connectivity index (χ0v) is 7.90. The summed E-state index contributed by atoms with van der Waals surface area (Å²) in [5, 5.41) is 9.08. The standard InChI is InChI=1S/C11H15NO/c1-3-8-12(2)11-7-5-4-6-10(11)9-13/h3-7,13H,1,8-9H2,2H3. The number of para-hydroxylation sites is 1. The van der Waals surface area contributed by atoms with Gasteiger partial charge in [0.1, 0.15) is 0 Å². The second-order valence-electron chi connectivity index (χ2n) is 2.96. The van der Waals surface area contributed by atoms with E-state index in [1.165, 1.54) is 0 Å². The van der Waals surface area contributed by atoms with Crippen molar-refractivity contribution in [1.82, 2.24) is 0 Å². The monoisotopic (exact) mass is 177 g/mol. The number of hydrogen-bond acceptors (Lipinski definition) is 2. The maximum absolute atomic E-state index is 9.08. The van der Waals surface area contributed by atoms with Gasteiger partial charge in [0.15, 0.2) is 0 Å². The summed E-state index contributed by atoms with van der Waals surface area (Å²) in [4.78, 5) is 2.05. The lowest BCUT2D eigenvalue weighted by Crippen LogP contribution is -2.18. The van der Waals surface area contributed by atoms with Gasteiger partial charge in [-0.1, -0.05) is 24.3 Å². The molecule has 1 rings (SSSR count). The van der Waals surface area contributed by atoms with Crippen LogP contribution < -0.4 is 4.90 Å². The van der Waals surface area contributed by atoms with Crippen molar-refractivity contribution < 1.29 is 5.11 Å². The minimum Gasteiger partial charge on any atom is -0.392 e. The van der Waals surface area contributed by atoms with Crippen molar-refractivity contribution >= 4 is 5.69 Å². The Morgan fingerprint density at radius 2 is 2.15 bits per heavy atom. The van der Waals surface area contributed by atoms with Crippen LogP contribution in [0.5, 0.6) is 0 Å². The third-order valence-corrected chi connectivity index (χ3v) is 1.98. The van der Waals surface area contributed by atoms with Gasteiger partial charge in [0, 0.05) is 24.8 Å². The van der Waals surface area contributed by atoms with Crippen LogP contribution in [0.2, 0.25) is 0 Å². The minimum atomic E-state index is 0.0810. The first-order chi connectivity index (χ1) is 6.29. The van der Waals surface area contributed by atoms with E-state index in [0.29, 0.717) is 0 Å². The summed E-state index contributed by atoms with van der Waals surface area (Å²) in [5.41, 5.74) is 2.01. The molecule has 1 aromatic carbocycles. The van der Waals surface area contributed by atoms with Gasteiger partial charge in [-0.15, -0.1) is 6.58 Å². The third kappa shape index (κ3) is 2.33. The predicted molar refractivity (Wildman–Crippen MR) is 55.8 cm³/mol. The maximum atomic E-state index is 9.08. The van der Waals surface area contributed by atoms with Crippen LogP contribution in [0.4, 0.5) is 5.69 Å². The van der Waals surface area contributed by atoms with Crippen LogP contribution in [0.1, 0.15) is 5.56 Å². The highest BCUT2D eigenvalue weighted by atomic mass is 16.3. The Balaban J connectivity index is 2.91. The van der Waals surface area contributed by atoms with Gasteiger partial charge < -0.3 is 10.0 Å². The molecule has 0 spiro atoms. The van der Waals surface area contributed by atoms with Crippen LogP contribution in [0, 0.1) is 0 Å². The Labute approximate surface area is 79.1 Å². The first-order valence-corrected chi connectivity index (χ1v) is 4.30. The Morgan fingerprint density at radius 3 is 2.77 bits per heavy atom. The highest BCUT2D eigenvalue weighted by Crippen LogP contribution is 2.18. The molecular weight excluding hydrogens is 162 g/mol. The van der Waals surface area contributed by atoms with E-state index < -0.39 is 0 Å². The summed E-state index contributed by atoms with van der Waals surface area (Å²) >= 11 is 0. The van der Waals surface area contributed by atoms with Gasteiger partial charge >= 0.3 is 0 Å². The van der Waals surface area contributed by atoms with E-state index in [1.54, 1.807) is 0 Å². The van der Waals surface area contributed by atoms with Crippen molar-refractivity contribution in [3.63, 3.8) is 0 Å². The molecular formula is C11H15NO. The lowest BCUT2D eigenvalue weighted by molar-refractivity contribution is 0.282. The number of rotatable bonds is 4. The van der Waals surface area contributed by atoms with E-state index in [1.807, 2.05) is 37.4 Å². The Morgan fingerprint density at radius 1 is 1.46 bits per heavy atom. The van der Waals surface area contributed by atoms with Gasteiger partial charge in [-0.05, 0) is 6.07 Å². The molecule has 0 saturated heterocycles. The van der Waals surface area contributed by atoms with E-state index in [2.05, 4.69) is 11.5 Å². The summed E-state index contributed by atoms with van der Waals surface area (Å²) in [7, 11) is 1.98. The van der Waals surface area contributed by atoms with E-state index in [0.717, 1.165) is 17.8 Å². The first-order valence-electron chi connectivity index (χ1n) is 4.30. The molecule has 0 unspecified atom stereocenters. The largest absolute Gasteiger partial charge is 0.392 e. The molecule has 1 N–H and O–H groups in total. The second-order valence-corrected chi connectivity index (χ2v) is 2.96. The number of hydrogen-bond donors (Lipinski definition) is 1. The van der Waals surface area contributed by atoms with E-state index in [4.69, 9.17) is 5.11 Å². The molecule has 0 bridgehead atoms. The molecule has 0 aliphatic heterocycles. The quantitative estimate of drug-likeness (QED) is 0.709. The maximum Gasteiger partial charge on any atom is 0.0702 e. The molecule has 0 fully saturated rings. The molecule has 2 heteroatoms. The van der Waals surface area contributed by atoms with Gasteiger partial charge in [-0.25, -0.2) is 0 Å². The van der Waals surface area contributed by atoms with Crippen LogP contribution in [-0.2, 0) is 6.61 Å². The zero-order chi connectivity index (χ0) is 9.68. The van der Waals surface area contributed by atoms with Crippen molar-refractivity contribution in [3.05, 3.63) is 42.5 Å². The Hall–Kier alpha value is -1.28. The highest BCUT2D eigenvalue weighted by molar-refractivity contribution is 5.53. The van der Waals surface area contributed by atoms with Gasteiger partial charge in [-0.3, -0.25) is 0 Å². The van der Waals surface area contributed by atoms with Crippen LogP contribution in [0.25, 0.3) is 0 Å². The number of benzene rings is 1. The van der Waals surface area contributed by atoms with Crippen LogP contribution in [-0.4, -0.2) is 18.7 Å². The minimum absolute atomic E-state index is 0.0810. The summed E-state index contributed by atoms with van der Waals surface area (Å²) in [6.45, 7) is 4.55. The van der Waals surface area contributed by atoms with Gasteiger partial charge in [0.25, 0.3) is 0 Å². The summed E-state index contributed by atoms with van der Waals surface area (Å²) in [6.07, 6.45) is 1.84. The molecule has 0 amide bonds. The van der Waals surface area contributed by atoms with Gasteiger partial charge in [0.05, 0.1) is 6.61 Å². The van der Waals surface area contributed by atoms with E-state index >= 15 is 0 Å². The average Bonchev–Trinajstić information content (AvgIpc) is 2.18. The molecule has 1 aromatic rings. The van der Waals surface area contributed by atoms with Crippen LogP contribution in [0.15, 0.2) is 36.9 Å². The van der Waals surface area contributed by atoms with Crippen molar-refractivity contribution in [3.8, 4) is 0 Å². The predicted octanol–water partition coefficient (Wildman–Crippen LogP) is 1.80. The van der Waals surface area contributed by atoms with Crippen molar-refractivity contribution in [2.75, 3.05) is 18.5 Å². The van der Waals surface area contributed by atoms with Crippen molar-refractivity contribution in [2.45, 2.75) is 6.61 Å². The molecule has 0 aliphatic carbocycles. The summed E-state index contributed by atoms with van der Waals surface area (Å²) in [6, 6.07) is 7.81. The SMILES string of the molecule is C=CCN(C)c1ccccc1CO. The molecule has 13 heavy (non-hydrogen) atoms. The van der Waals surface area contributed by atoms with Crippen LogP contribution >= 0.6 is 0 Å². The van der Waals surface area contributed by atoms with Crippen molar-refractivity contribution in [1.29, 1.82) is 0 Å². The fraction of sp³-hybridized carbons (Fsp3) is 0.273. The summed E-state index contributed by atoms with van der Waals surface area (Å²) in [5.74, 6) is 0. The lowest BCUT2D eigenvalue weighted by Gasteiger charge is -2.19. The molecule has 2 nitrogen and oxygen atoms in total. The van der Waals surface area contributed by atoms with Crippen LogP contribution in [0.3, 0.4) is 0 Å². The number of aliphatic hydroxyl groups excluding tert-OH is 1. The number of aliphatic hydroxyl groups is 1. The second kappa shape index (κ2) is 4.67. The number of nitrogens with zero attached hydrogens (tertiary/aromatic N) is 1. The fourth-order valence-corrected chi connectivity index (χ4v) is 1.31. The Kier molecular flexibility index (Phi) is 3.53. The normalized spacial score (nSPS) is 9.69. The Bertz CT molecular complexity index is 283. The van der Waals surface area contributed by atoms with Gasteiger partial charge in [-0.2, -0.15) is 0 Å². The van der Waals surface area contributed by atoms with Gasteiger partial charge in [0.2, 0.25) is 0 Å². The number of anilines is 1. The molecule has 0 radical (unpaired) electrons. The topological polar surface area (TPSA) is 23.5 Å². The first kappa shape index (κ1) is 9.81. The summed E-state index contributed by atoms with van der Waals surface area (Å²) < 4.78 is 0. The zero-order valence-electron chi connectivity index (χ0n) is 7.90. The molecule has 70 valence electrons. The average molecular weight is 177 g/mol. The third-order valence-electron chi connectivity index (χ3n) is 1.98. The molecule has 0 atom stereocenters. The fourth-order valence-electron chi connectivity index (χ4n) is 1.31. The molecule has 0 heterocycles. The highest BCUT2D eigenvalue weighted by Gasteiger charge is 2.03. The molecule has 0 saturated carbocycles.